The van der Waals surface area contributed by atoms with Gasteiger partial charge in [-0.3, -0.25) is 0 Å². The van der Waals surface area contributed by atoms with E-state index in [0.29, 0.717) is 5.57 Å². The summed E-state index contributed by atoms with van der Waals surface area (Å²) < 4.78 is 8.65. The van der Waals surface area contributed by atoms with Crippen LogP contribution in [0.25, 0.3) is 0 Å². The number of rotatable bonds is 7. The number of ether oxygens (including phenoxy) is 2. The maximum Gasteiger partial charge on any atom is 0.508 e. The van der Waals surface area contributed by atoms with Crippen LogP contribution < -0.4 is 0 Å². The van der Waals surface area contributed by atoms with Gasteiger partial charge in [-0.2, -0.15) is 0 Å². The lowest BCUT2D eigenvalue weighted by Gasteiger charge is -2.10. The van der Waals surface area contributed by atoms with E-state index in [1.807, 2.05) is 0 Å². The molecule has 2 unspecified atom stereocenters. The minimum absolute atomic E-state index is 0.384. The number of hydrogen-bond acceptors (Lipinski definition) is 8. The molecule has 0 spiro atoms. The molecule has 0 amide bonds. The maximum absolute atomic E-state index is 10.7. The molecule has 0 saturated carbocycles. The van der Waals surface area contributed by atoms with Crippen molar-refractivity contribution in [1.82, 2.24) is 0 Å². The van der Waals surface area contributed by atoms with E-state index in [-0.39, 0.29) is 13.2 Å². The Hall–Kier alpha value is -1.68. The summed E-state index contributed by atoms with van der Waals surface area (Å²) in [5.41, 5.74) is 0.389. The van der Waals surface area contributed by atoms with E-state index in [0.717, 1.165) is 0 Å². The van der Waals surface area contributed by atoms with Crippen LogP contribution in [-0.2, 0) is 14.3 Å². The molecule has 124 valence electrons. The number of hydrogen-bond donors (Lipinski definition) is 5. The molecule has 5 N–H and O–H groups in total. The maximum atomic E-state index is 10.7. The van der Waals surface area contributed by atoms with Gasteiger partial charge in [-0.1, -0.05) is 6.08 Å². The highest BCUT2D eigenvalue weighted by atomic mass is 16.7. The second-order valence-corrected chi connectivity index (χ2v) is 3.82. The van der Waals surface area contributed by atoms with Crippen molar-refractivity contribution in [2.45, 2.75) is 26.1 Å². The van der Waals surface area contributed by atoms with E-state index in [1.54, 1.807) is 19.9 Å². The zero-order valence-electron chi connectivity index (χ0n) is 11.9. The van der Waals surface area contributed by atoms with Crippen molar-refractivity contribution in [3.63, 3.8) is 0 Å². The van der Waals surface area contributed by atoms with Gasteiger partial charge in [0, 0.05) is 5.57 Å². The number of carbonyl (C=O) groups is 2. The molecule has 0 aliphatic carbocycles. The third kappa shape index (κ3) is 14.5. The van der Waals surface area contributed by atoms with Crippen molar-refractivity contribution < 1.29 is 44.6 Å². The number of aliphatic hydroxyl groups excluding tert-OH is 4. The molecule has 9 heteroatoms. The highest BCUT2D eigenvalue weighted by Crippen LogP contribution is 1.91. The van der Waals surface area contributed by atoms with Gasteiger partial charge in [0.05, 0.1) is 13.2 Å². The zero-order valence-corrected chi connectivity index (χ0v) is 11.9. The van der Waals surface area contributed by atoms with Gasteiger partial charge in [0.1, 0.15) is 25.4 Å². The van der Waals surface area contributed by atoms with Crippen LogP contribution >= 0.6 is 0 Å². The van der Waals surface area contributed by atoms with Crippen LogP contribution in [0.1, 0.15) is 13.8 Å². The van der Waals surface area contributed by atoms with E-state index in [2.05, 4.69) is 9.47 Å². The molecule has 0 rings (SSSR count). The van der Waals surface area contributed by atoms with E-state index >= 15 is 0 Å². The standard InChI is InChI=1S/C7H14O7.C5H8O2/c8-1-5(10)3-13-7(12)14-4-6(11)2-9;1-3-4(2)5(6)7/h5-6,8-11H,1-4H2;3H,1-2H3,(H,6,7). The van der Waals surface area contributed by atoms with Gasteiger partial charge in [-0.05, 0) is 13.8 Å². The zero-order chi connectivity index (χ0) is 16.8. The molecular formula is C12H22O9. The van der Waals surface area contributed by atoms with Gasteiger partial charge in [-0.15, -0.1) is 0 Å². The lowest BCUT2D eigenvalue weighted by molar-refractivity contribution is -0.132. The molecule has 0 fully saturated rings. The molecule has 9 nitrogen and oxygen atoms in total. The number of aliphatic hydroxyl groups is 4. The Kier molecular flexibility index (Phi) is 13.7. The second kappa shape index (κ2) is 13.3. The molecule has 0 heterocycles. The lowest BCUT2D eigenvalue weighted by Crippen LogP contribution is -2.25. The van der Waals surface area contributed by atoms with Gasteiger partial charge in [0.15, 0.2) is 0 Å². The fourth-order valence-electron chi connectivity index (χ4n) is 0.599. The lowest BCUT2D eigenvalue weighted by atomic mass is 10.3. The van der Waals surface area contributed by atoms with E-state index in [1.165, 1.54) is 0 Å². The summed E-state index contributed by atoms with van der Waals surface area (Å²) in [6, 6.07) is 0. The fraction of sp³-hybridized carbons (Fsp3) is 0.667. The first kappa shape index (κ1) is 21.6. The average molecular weight is 310 g/mol. The first-order chi connectivity index (χ1) is 9.78. The van der Waals surface area contributed by atoms with Crippen LogP contribution in [-0.4, -0.2) is 76.3 Å². The van der Waals surface area contributed by atoms with Crippen LogP contribution in [0, 0.1) is 0 Å². The molecule has 0 aromatic heterocycles. The fourth-order valence-corrected chi connectivity index (χ4v) is 0.599. The largest absolute Gasteiger partial charge is 0.508 e. The van der Waals surface area contributed by atoms with Crippen LogP contribution in [0.4, 0.5) is 4.79 Å². The topological polar surface area (TPSA) is 154 Å². The highest BCUT2D eigenvalue weighted by Gasteiger charge is 2.10. The van der Waals surface area contributed by atoms with Crippen LogP contribution in [0.3, 0.4) is 0 Å². The van der Waals surface area contributed by atoms with E-state index < -0.39 is 37.5 Å². The minimum Gasteiger partial charge on any atom is -0.478 e. The Morgan fingerprint density at radius 2 is 1.43 bits per heavy atom. The predicted octanol–water partition coefficient (Wildman–Crippen LogP) is -1.12. The highest BCUT2D eigenvalue weighted by molar-refractivity contribution is 5.85. The van der Waals surface area contributed by atoms with Crippen molar-refractivity contribution in [3.05, 3.63) is 11.6 Å². The van der Waals surface area contributed by atoms with Gasteiger partial charge in [0.2, 0.25) is 0 Å². The molecule has 0 aromatic rings. The summed E-state index contributed by atoms with van der Waals surface area (Å²) in [6.45, 7) is 1.44. The summed E-state index contributed by atoms with van der Waals surface area (Å²) in [7, 11) is 0. The quantitative estimate of drug-likeness (QED) is 0.290. The molecule has 21 heavy (non-hydrogen) atoms. The minimum atomic E-state index is -1.15. The smallest absolute Gasteiger partial charge is 0.478 e. The SMILES string of the molecule is CC=C(C)C(=O)O.O=C(OCC(O)CO)OCC(O)CO. The Morgan fingerprint density at radius 1 is 1.05 bits per heavy atom. The molecule has 0 bridgehead atoms. The summed E-state index contributed by atoms with van der Waals surface area (Å²) in [4.78, 5) is 20.5. The molecule has 0 aliphatic heterocycles. The third-order valence-corrected chi connectivity index (χ3v) is 1.98. The molecule has 0 radical (unpaired) electrons. The molecule has 0 aromatic carbocycles. The molecule has 2 atom stereocenters. The first-order valence-electron chi connectivity index (χ1n) is 6.02. The van der Waals surface area contributed by atoms with Gasteiger partial charge >= 0.3 is 12.1 Å². The molecule has 0 aliphatic rings. The number of aliphatic carboxylic acids is 1. The van der Waals surface area contributed by atoms with Crippen molar-refractivity contribution in [2.75, 3.05) is 26.4 Å². The average Bonchev–Trinajstić information content (AvgIpc) is 2.49. The van der Waals surface area contributed by atoms with Crippen molar-refractivity contribution >= 4 is 12.1 Å². The number of carbonyl (C=O) groups excluding carboxylic acids is 1. The Labute approximate surface area is 122 Å². The van der Waals surface area contributed by atoms with Crippen molar-refractivity contribution in [3.8, 4) is 0 Å². The molecular weight excluding hydrogens is 288 g/mol. The van der Waals surface area contributed by atoms with Crippen LogP contribution in [0.2, 0.25) is 0 Å². The monoisotopic (exact) mass is 310 g/mol. The first-order valence-corrected chi connectivity index (χ1v) is 6.02. The summed E-state index contributed by atoms with van der Waals surface area (Å²) in [6.07, 6.45) is -1.82. The van der Waals surface area contributed by atoms with Crippen molar-refractivity contribution in [1.29, 1.82) is 0 Å². The van der Waals surface area contributed by atoms with Gasteiger partial charge in [0.25, 0.3) is 0 Å². The third-order valence-electron chi connectivity index (χ3n) is 1.98. The number of carboxylic acids is 1. The number of allylic oxidation sites excluding steroid dienone is 1. The Balaban J connectivity index is 0. The van der Waals surface area contributed by atoms with Crippen LogP contribution in [0.5, 0.6) is 0 Å². The Morgan fingerprint density at radius 3 is 1.62 bits per heavy atom. The second-order valence-electron chi connectivity index (χ2n) is 3.82. The summed E-state index contributed by atoms with van der Waals surface area (Å²) >= 11 is 0. The number of carboxylic acid groups (broad SMARTS) is 1. The van der Waals surface area contributed by atoms with Crippen molar-refractivity contribution in [2.24, 2.45) is 0 Å². The Bertz CT molecular complexity index is 311. The van der Waals surface area contributed by atoms with Gasteiger partial charge in [-0.25, -0.2) is 9.59 Å². The van der Waals surface area contributed by atoms with Gasteiger partial charge < -0.3 is 35.0 Å². The van der Waals surface area contributed by atoms with E-state index in [9.17, 15) is 9.59 Å². The summed E-state index contributed by atoms with van der Waals surface area (Å²) in [5, 5.41) is 42.3. The van der Waals surface area contributed by atoms with E-state index in [4.69, 9.17) is 25.5 Å². The molecule has 0 saturated heterocycles. The predicted molar refractivity (Wildman–Crippen MR) is 70.6 cm³/mol. The van der Waals surface area contributed by atoms with Crippen LogP contribution in [0.15, 0.2) is 11.6 Å². The summed E-state index contributed by atoms with van der Waals surface area (Å²) in [5.74, 6) is -0.845. The normalized spacial score (nSPS) is 13.5.